The van der Waals surface area contributed by atoms with Crippen molar-refractivity contribution in [2.24, 2.45) is 0 Å². The Balaban J connectivity index is 1.37. The molecule has 10 heteroatoms. The van der Waals surface area contributed by atoms with E-state index in [2.05, 4.69) is 10.2 Å². The fourth-order valence-corrected chi connectivity index (χ4v) is 5.35. The maximum absolute atomic E-state index is 13.7. The van der Waals surface area contributed by atoms with Gasteiger partial charge in [0.05, 0.1) is 19.3 Å². The zero-order chi connectivity index (χ0) is 31.2. The average molecular weight is 597 g/mol. The highest BCUT2D eigenvalue weighted by Crippen LogP contribution is 2.27. The molecule has 4 aromatic rings. The van der Waals surface area contributed by atoms with E-state index in [-0.39, 0.29) is 24.6 Å². The van der Waals surface area contributed by atoms with Gasteiger partial charge in [-0.1, -0.05) is 19.1 Å². The van der Waals surface area contributed by atoms with Crippen LogP contribution in [0.15, 0.2) is 72.9 Å². The minimum absolute atomic E-state index is 0.123. The number of rotatable bonds is 10. The number of ether oxygens (including phenoxy) is 2. The standard InChI is InChI=1S/C34H36N4O6/c1-4-23-6-8-24(9-7-23)33(41)35-25-10-15-30-28(20-25)29(21-38(30)22-31(39)44-5-2)32(40)34(42)37-18-16-36(17-19-37)26-11-13-27(43-3)14-12-26/h6-15,20-21H,4-5,16-19,22H2,1-3H3,(H,35,41). The van der Waals surface area contributed by atoms with Crippen LogP contribution in [0.3, 0.4) is 0 Å². The zero-order valence-corrected chi connectivity index (χ0v) is 25.2. The number of esters is 1. The summed E-state index contributed by atoms with van der Waals surface area (Å²) in [6.07, 6.45) is 2.39. The van der Waals surface area contributed by atoms with Gasteiger partial charge >= 0.3 is 5.97 Å². The van der Waals surface area contributed by atoms with Crippen molar-refractivity contribution in [2.75, 3.05) is 50.1 Å². The molecule has 2 heterocycles. The summed E-state index contributed by atoms with van der Waals surface area (Å²) in [4.78, 5) is 56.2. The van der Waals surface area contributed by atoms with E-state index in [0.29, 0.717) is 48.3 Å². The number of benzene rings is 3. The van der Waals surface area contributed by atoms with Gasteiger partial charge in [-0.15, -0.1) is 0 Å². The van der Waals surface area contributed by atoms with Crippen LogP contribution in [-0.2, 0) is 27.3 Å². The number of ketones is 1. The molecule has 0 saturated carbocycles. The van der Waals surface area contributed by atoms with Crippen LogP contribution in [0.1, 0.15) is 40.1 Å². The van der Waals surface area contributed by atoms with Gasteiger partial charge < -0.3 is 29.2 Å². The lowest BCUT2D eigenvalue weighted by Crippen LogP contribution is -2.50. The van der Waals surface area contributed by atoms with Gasteiger partial charge in [0.2, 0.25) is 0 Å². The topological polar surface area (TPSA) is 110 Å². The molecule has 0 radical (unpaired) electrons. The van der Waals surface area contributed by atoms with Gasteiger partial charge in [-0.25, -0.2) is 0 Å². The molecule has 0 atom stereocenters. The normalized spacial score (nSPS) is 13.1. The Morgan fingerprint density at radius 2 is 1.57 bits per heavy atom. The molecule has 1 aliphatic heterocycles. The Kier molecular flexibility index (Phi) is 9.28. The van der Waals surface area contributed by atoms with E-state index in [1.807, 2.05) is 43.3 Å². The van der Waals surface area contributed by atoms with Crippen molar-refractivity contribution in [2.45, 2.75) is 26.8 Å². The van der Waals surface area contributed by atoms with Crippen molar-refractivity contribution in [3.63, 3.8) is 0 Å². The molecule has 0 aliphatic carbocycles. The number of amides is 2. The van der Waals surface area contributed by atoms with Crippen LogP contribution in [-0.4, -0.2) is 72.9 Å². The lowest BCUT2D eigenvalue weighted by molar-refractivity contribution is -0.143. The lowest BCUT2D eigenvalue weighted by atomic mass is 10.1. The predicted octanol–water partition coefficient (Wildman–Crippen LogP) is 4.56. The molecule has 1 aromatic heterocycles. The number of methoxy groups -OCH3 is 1. The van der Waals surface area contributed by atoms with Gasteiger partial charge in [-0.3, -0.25) is 19.2 Å². The van der Waals surface area contributed by atoms with Gasteiger partial charge in [-0.2, -0.15) is 0 Å². The SMILES string of the molecule is CCOC(=O)Cn1cc(C(=O)C(=O)N2CCN(c3ccc(OC)cc3)CC2)c2cc(NC(=O)c3ccc(CC)cc3)ccc21. The summed E-state index contributed by atoms with van der Waals surface area (Å²) in [7, 11) is 1.62. The highest BCUT2D eigenvalue weighted by molar-refractivity contribution is 6.45. The van der Waals surface area contributed by atoms with Crippen molar-refractivity contribution in [1.82, 2.24) is 9.47 Å². The van der Waals surface area contributed by atoms with Crippen LogP contribution < -0.4 is 15.0 Å². The van der Waals surface area contributed by atoms with E-state index in [1.165, 1.54) is 6.20 Å². The number of fused-ring (bicyclic) bond motifs is 1. The van der Waals surface area contributed by atoms with Crippen LogP contribution in [0.4, 0.5) is 11.4 Å². The molecular formula is C34H36N4O6. The van der Waals surface area contributed by atoms with Crippen molar-refractivity contribution in [3.05, 3.63) is 89.6 Å². The number of nitrogens with zero attached hydrogens (tertiary/aromatic N) is 3. The Labute approximate surface area is 256 Å². The summed E-state index contributed by atoms with van der Waals surface area (Å²) in [6.45, 7) is 5.79. The number of nitrogens with one attached hydrogen (secondary N) is 1. The molecule has 5 rings (SSSR count). The van der Waals surface area contributed by atoms with Gasteiger partial charge in [0.25, 0.3) is 17.6 Å². The monoisotopic (exact) mass is 596 g/mol. The maximum atomic E-state index is 13.7. The molecule has 44 heavy (non-hydrogen) atoms. The number of hydrogen-bond donors (Lipinski definition) is 1. The largest absolute Gasteiger partial charge is 0.497 e. The van der Waals surface area contributed by atoms with Crippen LogP contribution >= 0.6 is 0 Å². The van der Waals surface area contributed by atoms with Crippen LogP contribution in [0.25, 0.3) is 10.9 Å². The third-order valence-electron chi connectivity index (χ3n) is 7.81. The maximum Gasteiger partial charge on any atom is 0.325 e. The number of carbonyl (C=O) groups is 4. The predicted molar refractivity (Wildman–Crippen MR) is 168 cm³/mol. The zero-order valence-electron chi connectivity index (χ0n) is 25.2. The number of piperazine rings is 1. The summed E-state index contributed by atoms with van der Waals surface area (Å²) in [6, 6.07) is 20.2. The second-order valence-corrected chi connectivity index (χ2v) is 10.5. The highest BCUT2D eigenvalue weighted by Gasteiger charge is 2.29. The number of aromatic nitrogens is 1. The highest BCUT2D eigenvalue weighted by atomic mass is 16.5. The smallest absolute Gasteiger partial charge is 0.325 e. The van der Waals surface area contributed by atoms with Crippen molar-refractivity contribution < 1.29 is 28.7 Å². The van der Waals surface area contributed by atoms with Crippen LogP contribution in [0.2, 0.25) is 0 Å². The van der Waals surface area contributed by atoms with Gasteiger partial charge in [0.1, 0.15) is 12.3 Å². The first-order valence-corrected chi connectivity index (χ1v) is 14.7. The second kappa shape index (κ2) is 13.5. The number of anilines is 2. The number of hydrogen-bond acceptors (Lipinski definition) is 7. The van der Waals surface area contributed by atoms with E-state index in [9.17, 15) is 19.2 Å². The van der Waals surface area contributed by atoms with Crippen molar-refractivity contribution in [1.29, 1.82) is 0 Å². The Bertz CT molecular complexity index is 1670. The van der Waals surface area contributed by atoms with Crippen LogP contribution in [0, 0.1) is 0 Å². The summed E-state index contributed by atoms with van der Waals surface area (Å²) < 4.78 is 12.0. The van der Waals surface area contributed by atoms with E-state index in [0.717, 1.165) is 23.4 Å². The molecule has 10 nitrogen and oxygen atoms in total. The van der Waals surface area contributed by atoms with E-state index >= 15 is 0 Å². The third-order valence-corrected chi connectivity index (χ3v) is 7.81. The lowest BCUT2D eigenvalue weighted by Gasteiger charge is -2.35. The fourth-order valence-electron chi connectivity index (χ4n) is 5.35. The van der Waals surface area contributed by atoms with E-state index < -0.39 is 17.7 Å². The molecule has 1 fully saturated rings. The summed E-state index contributed by atoms with van der Waals surface area (Å²) in [5.41, 5.74) is 3.84. The Morgan fingerprint density at radius 1 is 0.864 bits per heavy atom. The van der Waals surface area contributed by atoms with E-state index in [1.54, 1.807) is 53.8 Å². The van der Waals surface area contributed by atoms with Crippen molar-refractivity contribution in [3.8, 4) is 5.75 Å². The summed E-state index contributed by atoms with van der Waals surface area (Å²) in [5, 5.41) is 3.35. The average Bonchev–Trinajstić information content (AvgIpc) is 3.41. The van der Waals surface area contributed by atoms with Gasteiger partial charge in [0, 0.05) is 60.2 Å². The van der Waals surface area contributed by atoms with Gasteiger partial charge in [0.15, 0.2) is 0 Å². The van der Waals surface area contributed by atoms with E-state index in [4.69, 9.17) is 9.47 Å². The molecule has 0 unspecified atom stereocenters. The Morgan fingerprint density at radius 3 is 2.20 bits per heavy atom. The molecular weight excluding hydrogens is 560 g/mol. The molecule has 1 aliphatic rings. The molecule has 3 aromatic carbocycles. The molecule has 1 N–H and O–H groups in total. The summed E-state index contributed by atoms with van der Waals surface area (Å²) >= 11 is 0. The first-order chi connectivity index (χ1) is 21.3. The number of carbonyl (C=O) groups excluding carboxylic acids is 4. The molecule has 2 amide bonds. The third kappa shape index (κ3) is 6.59. The van der Waals surface area contributed by atoms with Crippen molar-refractivity contribution >= 4 is 45.8 Å². The number of Topliss-reactive ketones (excluding diaryl/α,β-unsaturated/α-hetero) is 1. The molecule has 1 saturated heterocycles. The minimum atomic E-state index is -0.672. The number of aryl methyl sites for hydroxylation is 1. The van der Waals surface area contributed by atoms with Gasteiger partial charge in [-0.05, 0) is 73.5 Å². The second-order valence-electron chi connectivity index (χ2n) is 10.5. The molecule has 0 spiro atoms. The first-order valence-electron chi connectivity index (χ1n) is 14.7. The summed E-state index contributed by atoms with van der Waals surface area (Å²) in [5.74, 6) is -1.27. The first kappa shape index (κ1) is 30.3. The molecule has 228 valence electrons. The minimum Gasteiger partial charge on any atom is -0.497 e. The fraction of sp³-hybridized carbons (Fsp3) is 0.294. The quantitative estimate of drug-likeness (QED) is 0.162. The van der Waals surface area contributed by atoms with Crippen LogP contribution in [0.5, 0.6) is 5.75 Å². The Hall–Kier alpha value is -5.12. The molecule has 0 bridgehead atoms.